The van der Waals surface area contributed by atoms with Crippen LogP contribution in [0.4, 0.5) is 0 Å². The molecule has 2 N–H and O–H groups in total. The topological polar surface area (TPSA) is 56.0 Å². The number of hydrogen-bond donors (Lipinski definition) is 2. The molecule has 154 valence electrons. The summed E-state index contributed by atoms with van der Waals surface area (Å²) in [6, 6.07) is 5.73. The minimum atomic E-state index is 0. The number of rotatable bonds is 9. The molecule has 1 unspecified atom stereocenters. The average Bonchev–Trinajstić information content (AvgIpc) is 3.11. The molecule has 2 aliphatic rings. The van der Waals surface area contributed by atoms with E-state index in [4.69, 9.17) is 4.42 Å². The maximum absolute atomic E-state index is 5.70. The van der Waals surface area contributed by atoms with Crippen LogP contribution in [0.5, 0.6) is 0 Å². The summed E-state index contributed by atoms with van der Waals surface area (Å²) in [6.07, 6.45) is 7.02. The highest BCUT2D eigenvalue weighted by molar-refractivity contribution is 14.0. The lowest BCUT2D eigenvalue weighted by molar-refractivity contribution is 0.212. The van der Waals surface area contributed by atoms with Gasteiger partial charge in [-0.3, -0.25) is 14.8 Å². The van der Waals surface area contributed by atoms with Gasteiger partial charge in [-0.2, -0.15) is 0 Å². The Morgan fingerprint density at radius 1 is 1.30 bits per heavy atom. The summed E-state index contributed by atoms with van der Waals surface area (Å²) in [5.41, 5.74) is 0. The predicted octanol–water partition coefficient (Wildman–Crippen LogP) is 3.07. The van der Waals surface area contributed by atoms with Crippen molar-refractivity contribution in [2.75, 3.05) is 39.8 Å². The van der Waals surface area contributed by atoms with Gasteiger partial charge in [0.15, 0.2) is 5.96 Å². The highest BCUT2D eigenvalue weighted by atomic mass is 127. The minimum absolute atomic E-state index is 0. The van der Waals surface area contributed by atoms with Crippen LogP contribution in [0, 0.1) is 0 Å². The molecule has 0 spiro atoms. The molecule has 27 heavy (non-hydrogen) atoms. The third-order valence-corrected chi connectivity index (χ3v) is 5.48. The van der Waals surface area contributed by atoms with Crippen molar-refractivity contribution in [3.63, 3.8) is 0 Å². The van der Waals surface area contributed by atoms with Gasteiger partial charge in [0.25, 0.3) is 0 Å². The Morgan fingerprint density at radius 3 is 2.59 bits per heavy atom. The molecule has 1 saturated carbocycles. The van der Waals surface area contributed by atoms with E-state index in [1.807, 2.05) is 13.1 Å². The van der Waals surface area contributed by atoms with Crippen LogP contribution in [0.3, 0.4) is 0 Å². The number of halogens is 1. The smallest absolute Gasteiger partial charge is 0.191 e. The first kappa shape index (κ1) is 22.5. The second-order valence-corrected chi connectivity index (χ2v) is 7.72. The Labute approximate surface area is 181 Å². The lowest BCUT2D eigenvalue weighted by Crippen LogP contribution is -2.46. The summed E-state index contributed by atoms with van der Waals surface area (Å²) < 4.78 is 5.70. The Kier molecular flexibility index (Phi) is 9.38. The van der Waals surface area contributed by atoms with E-state index in [1.165, 1.54) is 25.7 Å². The van der Waals surface area contributed by atoms with Gasteiger partial charge < -0.3 is 15.1 Å². The molecule has 0 radical (unpaired) electrons. The summed E-state index contributed by atoms with van der Waals surface area (Å²) in [7, 11) is 1.84. The standard InChI is InChI=1S/C20H35N5O.HI/c1-16(2)25(17-8-9-17)13-10-22-20(21-3)23-15-18(19-7-6-14-26-19)24-11-4-5-12-24;/h6-7,14,16-18H,4-5,8-13,15H2,1-3H3,(H2,21,22,23);1H. The average molecular weight is 489 g/mol. The van der Waals surface area contributed by atoms with Crippen molar-refractivity contribution in [1.82, 2.24) is 20.4 Å². The highest BCUT2D eigenvalue weighted by Gasteiger charge is 2.30. The molecule has 0 amide bonds. The van der Waals surface area contributed by atoms with Crippen molar-refractivity contribution in [3.05, 3.63) is 24.2 Å². The molecule has 7 heteroatoms. The molecule has 1 aromatic heterocycles. The number of hydrogen-bond acceptors (Lipinski definition) is 4. The maximum atomic E-state index is 5.70. The van der Waals surface area contributed by atoms with Gasteiger partial charge in [-0.15, -0.1) is 24.0 Å². The van der Waals surface area contributed by atoms with Crippen LogP contribution in [0.25, 0.3) is 0 Å². The van der Waals surface area contributed by atoms with Gasteiger partial charge in [-0.1, -0.05) is 0 Å². The number of nitrogens with zero attached hydrogens (tertiary/aromatic N) is 3. The molecule has 0 bridgehead atoms. The van der Waals surface area contributed by atoms with Crippen LogP contribution in [0.1, 0.15) is 51.3 Å². The molecular formula is C20H36IN5O. The summed E-state index contributed by atoms with van der Waals surface area (Å²) in [4.78, 5) is 9.50. The van der Waals surface area contributed by atoms with E-state index in [0.29, 0.717) is 6.04 Å². The predicted molar refractivity (Wildman–Crippen MR) is 122 cm³/mol. The fourth-order valence-corrected chi connectivity index (χ4v) is 3.93. The number of guanidine groups is 1. The van der Waals surface area contributed by atoms with Gasteiger partial charge in [0.2, 0.25) is 0 Å². The van der Waals surface area contributed by atoms with Crippen molar-refractivity contribution in [2.24, 2.45) is 4.99 Å². The van der Waals surface area contributed by atoms with E-state index >= 15 is 0 Å². The quantitative estimate of drug-likeness (QED) is 0.317. The van der Waals surface area contributed by atoms with Gasteiger partial charge in [-0.05, 0) is 64.8 Å². The number of aliphatic imine (C=N–C) groups is 1. The Hall–Kier alpha value is -0.800. The molecule has 3 rings (SSSR count). The van der Waals surface area contributed by atoms with E-state index in [9.17, 15) is 0 Å². The first-order chi connectivity index (χ1) is 12.7. The molecule has 6 nitrogen and oxygen atoms in total. The van der Waals surface area contributed by atoms with E-state index in [2.05, 4.69) is 45.3 Å². The molecule has 1 aliphatic heterocycles. The molecule has 2 heterocycles. The van der Waals surface area contributed by atoms with Gasteiger partial charge in [0.05, 0.1) is 12.3 Å². The number of nitrogens with one attached hydrogen (secondary N) is 2. The molecule has 0 aromatic carbocycles. The van der Waals surface area contributed by atoms with Gasteiger partial charge in [-0.25, -0.2) is 0 Å². The SMILES string of the molecule is CN=C(NCCN(C(C)C)C1CC1)NCC(c1ccco1)N1CCCC1.I. The second-order valence-electron chi connectivity index (χ2n) is 7.72. The zero-order chi connectivity index (χ0) is 18.4. The summed E-state index contributed by atoms with van der Waals surface area (Å²) >= 11 is 0. The van der Waals surface area contributed by atoms with Crippen LogP contribution in [-0.4, -0.2) is 67.6 Å². The third-order valence-electron chi connectivity index (χ3n) is 5.48. The second kappa shape index (κ2) is 11.3. The zero-order valence-corrected chi connectivity index (χ0v) is 19.3. The highest BCUT2D eigenvalue weighted by Crippen LogP contribution is 2.28. The number of furan rings is 1. The van der Waals surface area contributed by atoms with Gasteiger partial charge in [0, 0.05) is 38.8 Å². The van der Waals surface area contributed by atoms with Crippen molar-refractivity contribution in [1.29, 1.82) is 0 Å². The first-order valence-electron chi connectivity index (χ1n) is 10.2. The maximum Gasteiger partial charge on any atom is 0.191 e. The fourth-order valence-electron chi connectivity index (χ4n) is 3.93. The lowest BCUT2D eigenvalue weighted by Gasteiger charge is -2.28. The Morgan fingerprint density at radius 2 is 2.04 bits per heavy atom. The van der Waals surface area contributed by atoms with Crippen molar-refractivity contribution in [3.8, 4) is 0 Å². The minimum Gasteiger partial charge on any atom is -0.468 e. The van der Waals surface area contributed by atoms with Crippen molar-refractivity contribution >= 4 is 29.9 Å². The summed E-state index contributed by atoms with van der Waals surface area (Å²) in [6.45, 7) is 9.66. The van der Waals surface area contributed by atoms with Crippen LogP contribution < -0.4 is 10.6 Å². The van der Waals surface area contributed by atoms with E-state index < -0.39 is 0 Å². The Bertz CT molecular complexity index is 551. The Balaban J connectivity index is 0.00000261. The molecule has 2 fully saturated rings. The van der Waals surface area contributed by atoms with Gasteiger partial charge in [0.1, 0.15) is 5.76 Å². The monoisotopic (exact) mass is 489 g/mol. The van der Waals surface area contributed by atoms with Crippen molar-refractivity contribution < 1.29 is 4.42 Å². The van der Waals surface area contributed by atoms with E-state index in [0.717, 1.165) is 50.5 Å². The van der Waals surface area contributed by atoms with Crippen LogP contribution >= 0.6 is 24.0 Å². The molecule has 1 saturated heterocycles. The molecule has 1 aromatic rings. The fraction of sp³-hybridized carbons (Fsp3) is 0.750. The lowest BCUT2D eigenvalue weighted by atomic mass is 10.2. The van der Waals surface area contributed by atoms with E-state index in [-0.39, 0.29) is 30.0 Å². The van der Waals surface area contributed by atoms with Crippen LogP contribution in [-0.2, 0) is 0 Å². The third kappa shape index (κ3) is 6.64. The summed E-state index contributed by atoms with van der Waals surface area (Å²) in [5.74, 6) is 1.91. The normalized spacial score (nSPS) is 19.4. The largest absolute Gasteiger partial charge is 0.468 e. The first-order valence-corrected chi connectivity index (χ1v) is 10.2. The van der Waals surface area contributed by atoms with Crippen LogP contribution in [0.2, 0.25) is 0 Å². The zero-order valence-electron chi connectivity index (χ0n) is 17.0. The number of likely N-dealkylation sites (tertiary alicyclic amines) is 1. The van der Waals surface area contributed by atoms with Crippen LogP contribution in [0.15, 0.2) is 27.8 Å². The molecule has 1 atom stereocenters. The molecule has 1 aliphatic carbocycles. The van der Waals surface area contributed by atoms with Crippen molar-refractivity contribution in [2.45, 2.75) is 57.7 Å². The molecular weight excluding hydrogens is 453 g/mol. The van der Waals surface area contributed by atoms with E-state index in [1.54, 1.807) is 6.26 Å². The summed E-state index contributed by atoms with van der Waals surface area (Å²) in [5, 5.41) is 6.98. The van der Waals surface area contributed by atoms with Gasteiger partial charge >= 0.3 is 0 Å².